The van der Waals surface area contributed by atoms with E-state index in [0.717, 1.165) is 148 Å². The number of pyridine rings is 2. The SMILES string of the molecule is CC1CCCN1c1cccc(N(c2cc(-c3ccc(OCCN4CCCCC4)cc3)nn3ccnc23)N(c2cccc(N3CCCC3C)n2)c2cc(-c3cccc(OCCN4CCOCC4)c3)nn3ccnc23)n1. The summed E-state index contributed by atoms with van der Waals surface area (Å²) in [7, 11) is 0. The van der Waals surface area contributed by atoms with Gasteiger partial charge >= 0.3 is 0 Å². The van der Waals surface area contributed by atoms with Gasteiger partial charge in [0, 0.05) is 87.3 Å². The summed E-state index contributed by atoms with van der Waals surface area (Å²) < 4.78 is 22.0. The van der Waals surface area contributed by atoms with Crippen LogP contribution in [0.25, 0.3) is 33.8 Å². The quantitative estimate of drug-likeness (QED) is 0.0802. The van der Waals surface area contributed by atoms with Crippen molar-refractivity contribution in [2.24, 2.45) is 0 Å². The molecule has 74 heavy (non-hydrogen) atoms. The van der Waals surface area contributed by atoms with Gasteiger partial charge < -0.3 is 24.0 Å². The van der Waals surface area contributed by atoms with Crippen LogP contribution >= 0.6 is 0 Å². The number of anilines is 6. The van der Waals surface area contributed by atoms with Gasteiger partial charge in [-0.3, -0.25) is 9.80 Å². The summed E-state index contributed by atoms with van der Waals surface area (Å²) in [4.78, 5) is 30.9. The first-order valence-corrected chi connectivity index (χ1v) is 26.7. The lowest BCUT2D eigenvalue weighted by molar-refractivity contribution is 0.0322. The van der Waals surface area contributed by atoms with E-state index in [-0.39, 0.29) is 0 Å². The van der Waals surface area contributed by atoms with Crippen LogP contribution in [-0.4, -0.2) is 140 Å². The smallest absolute Gasteiger partial charge is 0.179 e. The van der Waals surface area contributed by atoms with Crippen LogP contribution < -0.4 is 29.3 Å². The van der Waals surface area contributed by atoms with Crippen LogP contribution in [0.5, 0.6) is 11.5 Å². The number of hydrogen-bond donors (Lipinski definition) is 0. The molecular formula is C57H66N14O3. The molecular weight excluding hydrogens is 929 g/mol. The van der Waals surface area contributed by atoms with E-state index in [1.807, 2.05) is 45.7 Å². The molecule has 382 valence electrons. The molecule has 0 bridgehead atoms. The highest BCUT2D eigenvalue weighted by Crippen LogP contribution is 2.42. The number of piperidine rings is 1. The molecule has 0 saturated carbocycles. The third-order valence-electron chi connectivity index (χ3n) is 15.1. The van der Waals surface area contributed by atoms with E-state index in [2.05, 4.69) is 116 Å². The lowest BCUT2D eigenvalue weighted by Crippen LogP contribution is -2.39. The van der Waals surface area contributed by atoms with E-state index in [0.29, 0.717) is 48.2 Å². The maximum Gasteiger partial charge on any atom is 0.179 e. The first kappa shape index (κ1) is 47.7. The maximum atomic E-state index is 6.40. The molecule has 12 rings (SSSR count). The van der Waals surface area contributed by atoms with Crippen molar-refractivity contribution in [1.82, 2.24) is 49.0 Å². The van der Waals surface area contributed by atoms with Crippen molar-refractivity contribution in [1.29, 1.82) is 0 Å². The van der Waals surface area contributed by atoms with Gasteiger partial charge in [-0.1, -0.05) is 30.7 Å². The molecule has 0 radical (unpaired) electrons. The Balaban J connectivity index is 1.00. The van der Waals surface area contributed by atoms with Crippen LogP contribution in [0.15, 0.2) is 122 Å². The molecule has 8 aromatic rings. The number of benzene rings is 2. The van der Waals surface area contributed by atoms with Gasteiger partial charge in [-0.25, -0.2) is 39.0 Å². The fourth-order valence-electron chi connectivity index (χ4n) is 11.0. The molecule has 0 amide bonds. The van der Waals surface area contributed by atoms with Gasteiger partial charge in [0.1, 0.15) is 47.7 Å². The number of hydrogen-bond acceptors (Lipinski definition) is 15. The standard InChI is InChI=1S/C57H66N14O3/c1-42-11-9-27-66(42)52-15-7-17-54(60-52)70(50-40-48(62-68-29-23-58-56(50)68)44-19-21-46(22-20-44)73-37-33-64-25-4-3-5-26-64)71(55-18-8-16-53(61-55)67-28-10-12-43(67)2)51-41-49(63-69-30-24-59-57(51)69)45-13-6-14-47(39-45)74-38-34-65-31-35-72-36-32-65/h6-8,13-24,29-30,39-43H,3-5,9-12,25-28,31-38H2,1-2H3. The molecule has 4 aliphatic heterocycles. The van der Waals surface area contributed by atoms with Gasteiger partial charge in [0.25, 0.3) is 0 Å². The van der Waals surface area contributed by atoms with Crippen LogP contribution in [-0.2, 0) is 4.74 Å². The highest BCUT2D eigenvalue weighted by atomic mass is 16.5. The molecule has 4 fully saturated rings. The summed E-state index contributed by atoms with van der Waals surface area (Å²) in [5, 5.41) is 14.7. The Morgan fingerprint density at radius 2 is 1.08 bits per heavy atom. The highest BCUT2D eigenvalue weighted by Gasteiger charge is 2.33. The van der Waals surface area contributed by atoms with E-state index in [9.17, 15) is 0 Å². The number of nitrogens with zero attached hydrogens (tertiary/aromatic N) is 14. The number of morpholine rings is 1. The van der Waals surface area contributed by atoms with Crippen molar-refractivity contribution in [3.05, 3.63) is 122 Å². The minimum absolute atomic E-state index is 0.344. The van der Waals surface area contributed by atoms with Crippen LogP contribution in [0.4, 0.5) is 34.6 Å². The molecule has 0 aliphatic carbocycles. The summed E-state index contributed by atoms with van der Waals surface area (Å²) in [5.41, 5.74) is 6.04. The van der Waals surface area contributed by atoms with Crippen molar-refractivity contribution < 1.29 is 14.2 Å². The van der Waals surface area contributed by atoms with Gasteiger partial charge in [-0.15, -0.1) is 0 Å². The molecule has 2 unspecified atom stereocenters. The van der Waals surface area contributed by atoms with Crippen molar-refractivity contribution in [2.45, 2.75) is 70.9 Å². The number of likely N-dealkylation sites (tertiary alicyclic amines) is 1. The Morgan fingerprint density at radius 1 is 0.541 bits per heavy atom. The van der Waals surface area contributed by atoms with Crippen LogP contribution in [0.1, 0.15) is 58.8 Å². The molecule has 0 spiro atoms. The predicted octanol–water partition coefficient (Wildman–Crippen LogP) is 9.34. The lowest BCUT2D eigenvalue weighted by atomic mass is 10.1. The summed E-state index contributed by atoms with van der Waals surface area (Å²) in [5.74, 6) is 4.75. The minimum Gasteiger partial charge on any atom is -0.492 e. The van der Waals surface area contributed by atoms with E-state index >= 15 is 0 Å². The number of aromatic nitrogens is 8. The fourth-order valence-corrected chi connectivity index (χ4v) is 11.0. The molecule has 17 nitrogen and oxygen atoms in total. The lowest BCUT2D eigenvalue weighted by Gasteiger charge is -2.37. The zero-order chi connectivity index (χ0) is 49.8. The summed E-state index contributed by atoms with van der Waals surface area (Å²) >= 11 is 0. The molecule has 2 atom stereocenters. The largest absolute Gasteiger partial charge is 0.492 e. The van der Waals surface area contributed by atoms with Crippen molar-refractivity contribution in [3.63, 3.8) is 0 Å². The van der Waals surface area contributed by atoms with E-state index < -0.39 is 0 Å². The third-order valence-corrected chi connectivity index (χ3v) is 15.1. The fraction of sp³-hybridized carbons (Fsp3) is 0.404. The van der Waals surface area contributed by atoms with Gasteiger partial charge in [-0.2, -0.15) is 10.2 Å². The van der Waals surface area contributed by atoms with Gasteiger partial charge in [0.05, 0.1) is 24.6 Å². The summed E-state index contributed by atoms with van der Waals surface area (Å²) in [6, 6.07) is 34.0. The summed E-state index contributed by atoms with van der Waals surface area (Å²) in [6.45, 7) is 15.0. The van der Waals surface area contributed by atoms with Crippen molar-refractivity contribution >= 4 is 45.9 Å². The Labute approximate surface area is 432 Å². The molecule has 4 aliphatic rings. The average Bonchev–Trinajstić information content (AvgIpc) is 4.30. The predicted molar refractivity (Wildman–Crippen MR) is 290 cm³/mol. The number of hydrazine groups is 1. The first-order valence-electron chi connectivity index (χ1n) is 26.7. The maximum absolute atomic E-state index is 6.40. The summed E-state index contributed by atoms with van der Waals surface area (Å²) in [6.07, 6.45) is 15.7. The average molecular weight is 995 g/mol. The first-order chi connectivity index (χ1) is 36.5. The molecule has 2 aromatic carbocycles. The normalized spacial score (nSPS) is 18.7. The van der Waals surface area contributed by atoms with Gasteiger partial charge in [0.15, 0.2) is 22.9 Å². The second kappa shape index (κ2) is 21.6. The van der Waals surface area contributed by atoms with Crippen molar-refractivity contribution in [2.75, 3.05) is 98.6 Å². The second-order valence-corrected chi connectivity index (χ2v) is 20.0. The number of fused-ring (bicyclic) bond motifs is 2. The van der Waals surface area contributed by atoms with E-state index in [4.69, 9.17) is 44.3 Å². The van der Waals surface area contributed by atoms with Crippen molar-refractivity contribution in [3.8, 4) is 34.0 Å². The van der Waals surface area contributed by atoms with Crippen LogP contribution in [0.3, 0.4) is 0 Å². The molecule has 10 heterocycles. The monoisotopic (exact) mass is 995 g/mol. The second-order valence-electron chi connectivity index (χ2n) is 20.0. The molecule has 0 N–H and O–H groups in total. The molecule has 17 heteroatoms. The highest BCUT2D eigenvalue weighted by molar-refractivity contribution is 5.89. The molecule has 4 saturated heterocycles. The van der Waals surface area contributed by atoms with Gasteiger partial charge in [0.2, 0.25) is 0 Å². The minimum atomic E-state index is 0.344. The Bertz CT molecular complexity index is 3170. The zero-order valence-corrected chi connectivity index (χ0v) is 42.6. The number of rotatable bonds is 17. The number of imidazole rings is 2. The van der Waals surface area contributed by atoms with Gasteiger partial charge in [-0.05, 0) is 138 Å². The topological polar surface area (TPSA) is 133 Å². The Kier molecular flexibility index (Phi) is 13.9. The zero-order valence-electron chi connectivity index (χ0n) is 42.6. The number of ether oxygens (including phenoxy) is 3. The Hall–Kier alpha value is -7.34. The van der Waals surface area contributed by atoms with Crippen LogP contribution in [0, 0.1) is 0 Å². The third kappa shape index (κ3) is 10.2. The van der Waals surface area contributed by atoms with Crippen LogP contribution in [0.2, 0.25) is 0 Å². The van der Waals surface area contributed by atoms with E-state index in [1.165, 1.54) is 19.3 Å². The Morgan fingerprint density at radius 3 is 1.65 bits per heavy atom. The molecule has 6 aromatic heterocycles. The van der Waals surface area contributed by atoms with E-state index in [1.54, 1.807) is 12.4 Å².